The zero-order valence-electron chi connectivity index (χ0n) is 8.91. The smallest absolute Gasteiger partial charge is 0.325 e. The number of hydrogen-bond donors (Lipinski definition) is 3. The maximum Gasteiger partial charge on any atom is 0.325 e. The van der Waals surface area contributed by atoms with Crippen molar-refractivity contribution in [2.75, 3.05) is 0 Å². The second-order valence-corrected chi connectivity index (χ2v) is 3.40. The molecule has 0 radical (unpaired) electrons. The number of alkyl halides is 1. The maximum absolute atomic E-state index is 12.3. The Morgan fingerprint density at radius 2 is 2.06 bits per heavy atom. The average Bonchev–Trinajstić information content (AvgIpc) is 2.20. The van der Waals surface area contributed by atoms with Crippen molar-refractivity contribution in [2.45, 2.75) is 32.9 Å². The zero-order valence-corrected chi connectivity index (χ0v) is 8.91. The Morgan fingerprint density at radius 1 is 1.44 bits per heavy atom. The van der Waals surface area contributed by atoms with Crippen LogP contribution in [-0.2, 0) is 11.3 Å². The lowest BCUT2D eigenvalue weighted by atomic mass is 10.2. The first-order valence-corrected chi connectivity index (χ1v) is 4.67. The zero-order chi connectivity index (χ0) is 12.3. The normalized spacial score (nSPS) is 14.8. The average molecular weight is 232 g/mol. The Hall–Kier alpha value is -1.47. The molecule has 0 aliphatic carbocycles. The van der Waals surface area contributed by atoms with Gasteiger partial charge in [-0.25, -0.2) is 9.18 Å². The fourth-order valence-corrected chi connectivity index (χ4v) is 1.03. The highest BCUT2D eigenvalue weighted by Gasteiger charge is 2.14. The van der Waals surface area contributed by atoms with E-state index in [0.29, 0.717) is 5.56 Å². The van der Waals surface area contributed by atoms with Gasteiger partial charge in [0, 0.05) is 5.56 Å². The second-order valence-electron chi connectivity index (χ2n) is 3.40. The predicted octanol–water partition coefficient (Wildman–Crippen LogP) is -0.435. The summed E-state index contributed by atoms with van der Waals surface area (Å²) < 4.78 is 17.3. The highest BCUT2D eigenvalue weighted by atomic mass is 19.1. The summed E-state index contributed by atoms with van der Waals surface area (Å²) in [6.45, 7) is 2.70. The van der Waals surface area contributed by atoms with Crippen LogP contribution in [0.3, 0.4) is 0 Å². The van der Waals surface area contributed by atoms with Gasteiger partial charge in [0.25, 0.3) is 5.56 Å². The Balaban J connectivity index is 2.82. The molecule has 6 nitrogen and oxygen atoms in total. The molecular formula is C9H13FN2O4. The summed E-state index contributed by atoms with van der Waals surface area (Å²) in [5.41, 5.74) is -0.611. The fraction of sp³-hybridized carbons (Fsp3) is 0.556. The third-order valence-electron chi connectivity index (χ3n) is 2.16. The number of aliphatic hydroxyl groups is 1. The van der Waals surface area contributed by atoms with Crippen LogP contribution in [0.5, 0.6) is 0 Å². The van der Waals surface area contributed by atoms with E-state index in [1.54, 1.807) is 0 Å². The van der Waals surface area contributed by atoms with Gasteiger partial charge >= 0.3 is 5.69 Å². The summed E-state index contributed by atoms with van der Waals surface area (Å²) >= 11 is 0. The Kier molecular flexibility index (Phi) is 3.97. The minimum Gasteiger partial charge on any atom is -0.367 e. The van der Waals surface area contributed by atoms with E-state index in [4.69, 9.17) is 9.84 Å². The summed E-state index contributed by atoms with van der Waals surface area (Å²) in [5.74, 6) is 0. The lowest BCUT2D eigenvalue weighted by molar-refractivity contribution is -0.0970. The molecule has 0 bridgehead atoms. The van der Waals surface area contributed by atoms with Gasteiger partial charge in [0.05, 0.1) is 12.3 Å². The topological polar surface area (TPSA) is 95.2 Å². The second kappa shape index (κ2) is 5.04. The van der Waals surface area contributed by atoms with Crippen LogP contribution in [0.15, 0.2) is 9.59 Å². The van der Waals surface area contributed by atoms with Crippen molar-refractivity contribution in [2.24, 2.45) is 0 Å². The van der Waals surface area contributed by atoms with Gasteiger partial charge < -0.3 is 14.8 Å². The minimum absolute atomic E-state index is 0.146. The third-order valence-corrected chi connectivity index (χ3v) is 2.16. The van der Waals surface area contributed by atoms with E-state index in [-0.39, 0.29) is 12.3 Å². The van der Waals surface area contributed by atoms with Gasteiger partial charge in [-0.05, 0) is 13.8 Å². The van der Waals surface area contributed by atoms with Crippen molar-refractivity contribution in [3.05, 3.63) is 32.1 Å². The largest absolute Gasteiger partial charge is 0.367 e. The first kappa shape index (κ1) is 12.6. The molecule has 16 heavy (non-hydrogen) atoms. The van der Waals surface area contributed by atoms with Crippen LogP contribution >= 0.6 is 0 Å². The van der Waals surface area contributed by atoms with Crippen LogP contribution in [0.1, 0.15) is 18.2 Å². The minimum atomic E-state index is -2.10. The van der Waals surface area contributed by atoms with E-state index in [0.717, 1.165) is 0 Å². The quantitative estimate of drug-likeness (QED) is 0.656. The van der Waals surface area contributed by atoms with Gasteiger partial charge in [-0.15, -0.1) is 0 Å². The maximum atomic E-state index is 12.3. The number of aromatic nitrogens is 2. The molecule has 1 rings (SSSR count). The lowest BCUT2D eigenvalue weighted by Crippen LogP contribution is -2.28. The molecule has 90 valence electrons. The highest BCUT2D eigenvalue weighted by Crippen LogP contribution is 2.05. The van der Waals surface area contributed by atoms with Crippen LogP contribution in [0.2, 0.25) is 0 Å². The molecule has 0 aliphatic rings. The van der Waals surface area contributed by atoms with E-state index < -0.39 is 23.7 Å². The third kappa shape index (κ3) is 3.01. The highest BCUT2D eigenvalue weighted by molar-refractivity contribution is 5.12. The molecule has 2 unspecified atom stereocenters. The molecule has 0 amide bonds. The van der Waals surface area contributed by atoms with Crippen molar-refractivity contribution in [1.29, 1.82) is 0 Å². The van der Waals surface area contributed by atoms with Gasteiger partial charge in [-0.3, -0.25) is 9.78 Å². The molecule has 1 heterocycles. The van der Waals surface area contributed by atoms with Gasteiger partial charge in [0.2, 0.25) is 6.36 Å². The van der Waals surface area contributed by atoms with E-state index in [9.17, 15) is 14.0 Å². The van der Waals surface area contributed by atoms with E-state index in [2.05, 4.69) is 4.98 Å². The first-order chi connectivity index (χ1) is 7.41. The van der Waals surface area contributed by atoms with Crippen LogP contribution in [0.25, 0.3) is 0 Å². The van der Waals surface area contributed by atoms with Crippen molar-refractivity contribution < 1.29 is 14.2 Å². The van der Waals surface area contributed by atoms with Crippen LogP contribution < -0.4 is 11.2 Å². The van der Waals surface area contributed by atoms with Gasteiger partial charge in [-0.1, -0.05) is 0 Å². The van der Waals surface area contributed by atoms with E-state index in [1.807, 2.05) is 4.98 Å². The summed E-state index contributed by atoms with van der Waals surface area (Å²) in [6, 6.07) is 0. The number of nitrogens with one attached hydrogen (secondary N) is 2. The van der Waals surface area contributed by atoms with Gasteiger partial charge in [0.1, 0.15) is 6.10 Å². The molecule has 0 spiro atoms. The molecule has 0 aliphatic heterocycles. The van der Waals surface area contributed by atoms with Crippen LogP contribution in [-0.4, -0.2) is 27.5 Å². The molecule has 1 aromatic rings. The molecule has 1 aromatic heterocycles. The number of halogens is 1. The molecule has 0 saturated carbocycles. The standard InChI is InChI=1S/C9H13FN2O4/c1-4-6(3-16-5(2)7(10)13)11-9(15)12-8(4)14/h5,7,13H,3H2,1-2H3,(H2,11,12,14,15). The van der Waals surface area contributed by atoms with Crippen LogP contribution in [0, 0.1) is 6.92 Å². The summed E-state index contributed by atoms with van der Waals surface area (Å²) in [5, 5.41) is 8.55. The van der Waals surface area contributed by atoms with Gasteiger partial charge in [0.15, 0.2) is 0 Å². The van der Waals surface area contributed by atoms with Crippen molar-refractivity contribution in [3.8, 4) is 0 Å². The predicted molar refractivity (Wildman–Crippen MR) is 53.8 cm³/mol. The number of ether oxygens (including phenoxy) is 1. The summed E-state index contributed by atoms with van der Waals surface area (Å²) in [4.78, 5) is 26.6. The summed E-state index contributed by atoms with van der Waals surface area (Å²) in [7, 11) is 0. The number of hydrogen-bond acceptors (Lipinski definition) is 4. The fourth-order valence-electron chi connectivity index (χ4n) is 1.03. The molecule has 0 aromatic carbocycles. The summed E-state index contributed by atoms with van der Waals surface area (Å²) in [6.07, 6.45) is -3.13. The van der Waals surface area contributed by atoms with Crippen molar-refractivity contribution >= 4 is 0 Å². The van der Waals surface area contributed by atoms with Crippen LogP contribution in [0.4, 0.5) is 4.39 Å². The molecule has 3 N–H and O–H groups in total. The first-order valence-electron chi connectivity index (χ1n) is 4.67. The van der Waals surface area contributed by atoms with Crippen molar-refractivity contribution in [3.63, 3.8) is 0 Å². The number of aromatic amines is 2. The Bertz CT molecular complexity index is 465. The lowest BCUT2D eigenvalue weighted by Gasteiger charge is -2.13. The Morgan fingerprint density at radius 3 is 2.62 bits per heavy atom. The van der Waals surface area contributed by atoms with Gasteiger partial charge in [-0.2, -0.15) is 0 Å². The number of aliphatic hydroxyl groups excluding tert-OH is 1. The Labute approximate surface area is 90.1 Å². The number of rotatable bonds is 4. The molecule has 0 saturated heterocycles. The monoisotopic (exact) mass is 232 g/mol. The van der Waals surface area contributed by atoms with E-state index >= 15 is 0 Å². The number of H-pyrrole nitrogens is 2. The molecular weight excluding hydrogens is 219 g/mol. The molecule has 2 atom stereocenters. The van der Waals surface area contributed by atoms with E-state index in [1.165, 1.54) is 13.8 Å². The molecule has 7 heteroatoms. The SMILES string of the molecule is Cc1c(COC(C)C(O)F)[nH]c(=O)[nH]c1=O. The van der Waals surface area contributed by atoms with Crippen molar-refractivity contribution in [1.82, 2.24) is 9.97 Å². The molecule has 0 fully saturated rings.